The van der Waals surface area contributed by atoms with Crippen molar-refractivity contribution in [3.05, 3.63) is 35.9 Å². The van der Waals surface area contributed by atoms with Gasteiger partial charge in [-0.05, 0) is 12.5 Å². The van der Waals surface area contributed by atoms with Crippen molar-refractivity contribution >= 4 is 17.7 Å². The second-order valence-electron chi connectivity index (χ2n) is 5.81. The summed E-state index contributed by atoms with van der Waals surface area (Å²) >= 11 is 0. The van der Waals surface area contributed by atoms with Gasteiger partial charge in [-0.3, -0.25) is 19.3 Å². The molecule has 0 aromatic heterocycles. The van der Waals surface area contributed by atoms with Crippen molar-refractivity contribution in [2.24, 2.45) is 5.41 Å². The molecule has 5 nitrogen and oxygen atoms in total. The van der Waals surface area contributed by atoms with Gasteiger partial charge in [0, 0.05) is 32.5 Å². The zero-order valence-corrected chi connectivity index (χ0v) is 12.0. The molecule has 0 N–H and O–H groups in total. The van der Waals surface area contributed by atoms with E-state index in [-0.39, 0.29) is 30.6 Å². The van der Waals surface area contributed by atoms with Crippen molar-refractivity contribution in [3.63, 3.8) is 0 Å². The molecule has 2 aliphatic rings. The highest BCUT2D eigenvalue weighted by molar-refractivity contribution is 6.08. The number of imide groups is 1. The fourth-order valence-electron chi connectivity index (χ4n) is 3.30. The van der Waals surface area contributed by atoms with E-state index in [9.17, 15) is 14.4 Å². The van der Waals surface area contributed by atoms with Crippen molar-refractivity contribution in [1.29, 1.82) is 0 Å². The van der Waals surface area contributed by atoms with Crippen molar-refractivity contribution in [2.75, 3.05) is 13.1 Å². The van der Waals surface area contributed by atoms with Gasteiger partial charge in [0.15, 0.2) is 0 Å². The van der Waals surface area contributed by atoms with Gasteiger partial charge in [-0.1, -0.05) is 30.3 Å². The van der Waals surface area contributed by atoms with Gasteiger partial charge in [0.1, 0.15) is 0 Å². The highest BCUT2D eigenvalue weighted by Crippen LogP contribution is 2.42. The molecule has 110 valence electrons. The number of amides is 3. The molecule has 3 amide bonds. The molecule has 1 aromatic rings. The van der Waals surface area contributed by atoms with Crippen molar-refractivity contribution in [1.82, 2.24) is 9.80 Å². The molecule has 1 spiro atoms. The monoisotopic (exact) mass is 286 g/mol. The molecule has 2 aliphatic heterocycles. The third-order valence-corrected chi connectivity index (χ3v) is 4.36. The molecule has 0 unspecified atom stereocenters. The summed E-state index contributed by atoms with van der Waals surface area (Å²) in [6.07, 6.45) is 0.317. The topological polar surface area (TPSA) is 57.7 Å². The summed E-state index contributed by atoms with van der Waals surface area (Å²) in [6, 6.07) is 9.69. The molecule has 2 heterocycles. The Balaban J connectivity index is 1.79. The van der Waals surface area contributed by atoms with Gasteiger partial charge in [0.2, 0.25) is 17.7 Å². The van der Waals surface area contributed by atoms with Gasteiger partial charge in [-0.2, -0.15) is 0 Å². The molecule has 3 rings (SSSR count). The molecule has 0 aliphatic carbocycles. The van der Waals surface area contributed by atoms with E-state index in [1.807, 2.05) is 30.3 Å². The zero-order valence-electron chi connectivity index (χ0n) is 12.0. The number of carbonyl (C=O) groups is 3. The third kappa shape index (κ3) is 2.22. The van der Waals surface area contributed by atoms with Crippen LogP contribution >= 0.6 is 0 Å². The fraction of sp³-hybridized carbons (Fsp3) is 0.438. The second-order valence-corrected chi connectivity index (χ2v) is 5.81. The average Bonchev–Trinajstić information content (AvgIpc) is 2.89. The van der Waals surface area contributed by atoms with Crippen LogP contribution in [0.15, 0.2) is 30.3 Å². The van der Waals surface area contributed by atoms with Gasteiger partial charge >= 0.3 is 0 Å². The normalized spacial score (nSPS) is 25.5. The molecule has 21 heavy (non-hydrogen) atoms. The molecule has 2 saturated heterocycles. The van der Waals surface area contributed by atoms with Crippen LogP contribution in [0.2, 0.25) is 0 Å². The van der Waals surface area contributed by atoms with Gasteiger partial charge < -0.3 is 4.90 Å². The quantitative estimate of drug-likeness (QED) is 0.784. The molecule has 0 saturated carbocycles. The van der Waals surface area contributed by atoms with E-state index >= 15 is 0 Å². The summed E-state index contributed by atoms with van der Waals surface area (Å²) in [4.78, 5) is 39.6. The Morgan fingerprint density at radius 3 is 2.33 bits per heavy atom. The van der Waals surface area contributed by atoms with E-state index in [4.69, 9.17) is 0 Å². The number of hydrogen-bond acceptors (Lipinski definition) is 3. The van der Waals surface area contributed by atoms with E-state index in [1.54, 1.807) is 11.8 Å². The van der Waals surface area contributed by atoms with Crippen LogP contribution in [0.3, 0.4) is 0 Å². The van der Waals surface area contributed by atoms with Crippen LogP contribution in [0.5, 0.6) is 0 Å². The Labute approximate surface area is 123 Å². The summed E-state index contributed by atoms with van der Waals surface area (Å²) < 4.78 is 0. The SMILES string of the molecule is CCN1C(=O)C[C@@]2(CC(=O)N(Cc3ccccc3)C2)C1=O. The lowest BCUT2D eigenvalue weighted by molar-refractivity contribution is -0.141. The highest BCUT2D eigenvalue weighted by atomic mass is 16.2. The third-order valence-electron chi connectivity index (χ3n) is 4.36. The van der Waals surface area contributed by atoms with Crippen molar-refractivity contribution < 1.29 is 14.4 Å². The molecule has 5 heteroatoms. The van der Waals surface area contributed by atoms with Gasteiger partial charge in [0.05, 0.1) is 5.41 Å². The second kappa shape index (κ2) is 4.98. The number of hydrogen-bond donors (Lipinski definition) is 0. The van der Waals surface area contributed by atoms with E-state index in [0.717, 1.165) is 5.56 Å². The number of benzene rings is 1. The standard InChI is InChI=1S/C16H18N2O3/c1-2-18-14(20)9-16(15(18)21)8-13(19)17(11-16)10-12-6-4-3-5-7-12/h3-7H,2,8-11H2,1H3/t16-/m1/s1. The Morgan fingerprint density at radius 1 is 1.05 bits per heavy atom. The average molecular weight is 286 g/mol. The molecule has 1 atom stereocenters. The largest absolute Gasteiger partial charge is 0.337 e. The summed E-state index contributed by atoms with van der Waals surface area (Å²) in [6.45, 7) is 3.01. The van der Waals surface area contributed by atoms with Crippen LogP contribution in [0.4, 0.5) is 0 Å². The van der Waals surface area contributed by atoms with Gasteiger partial charge in [-0.15, -0.1) is 0 Å². The Kier molecular flexibility index (Phi) is 3.27. The molecule has 0 radical (unpaired) electrons. The minimum Gasteiger partial charge on any atom is -0.337 e. The first-order chi connectivity index (χ1) is 10.1. The smallest absolute Gasteiger partial charge is 0.238 e. The van der Waals surface area contributed by atoms with Gasteiger partial charge in [0.25, 0.3) is 0 Å². The minimum absolute atomic E-state index is 0.0436. The first kappa shape index (κ1) is 13.8. The number of carbonyl (C=O) groups excluding carboxylic acids is 3. The van der Waals surface area contributed by atoms with Crippen molar-refractivity contribution in [2.45, 2.75) is 26.3 Å². The lowest BCUT2D eigenvalue weighted by Gasteiger charge is -2.21. The first-order valence-electron chi connectivity index (χ1n) is 7.22. The maximum Gasteiger partial charge on any atom is 0.238 e. The summed E-state index contributed by atoms with van der Waals surface area (Å²) in [5.41, 5.74) is 0.214. The minimum atomic E-state index is -0.820. The Morgan fingerprint density at radius 2 is 1.71 bits per heavy atom. The number of rotatable bonds is 3. The summed E-state index contributed by atoms with van der Waals surface area (Å²) in [7, 11) is 0. The molecular weight excluding hydrogens is 268 g/mol. The van der Waals surface area contributed by atoms with E-state index in [0.29, 0.717) is 19.6 Å². The Hall–Kier alpha value is -2.17. The van der Waals surface area contributed by atoms with Crippen LogP contribution in [-0.4, -0.2) is 40.6 Å². The number of nitrogens with zero attached hydrogens (tertiary/aromatic N) is 2. The van der Waals surface area contributed by atoms with Crippen LogP contribution in [0.1, 0.15) is 25.3 Å². The zero-order chi connectivity index (χ0) is 15.0. The lowest BCUT2D eigenvalue weighted by atomic mass is 9.85. The maximum atomic E-state index is 12.4. The molecule has 0 bridgehead atoms. The van der Waals surface area contributed by atoms with Crippen LogP contribution in [0.25, 0.3) is 0 Å². The number of likely N-dealkylation sites (tertiary alicyclic amines) is 2. The predicted molar refractivity (Wildman–Crippen MR) is 75.9 cm³/mol. The molecule has 2 fully saturated rings. The van der Waals surface area contributed by atoms with Gasteiger partial charge in [-0.25, -0.2) is 0 Å². The van der Waals surface area contributed by atoms with Crippen LogP contribution in [0, 0.1) is 5.41 Å². The highest BCUT2D eigenvalue weighted by Gasteiger charge is 2.57. The van der Waals surface area contributed by atoms with E-state index in [1.165, 1.54) is 4.90 Å². The first-order valence-corrected chi connectivity index (χ1v) is 7.22. The van der Waals surface area contributed by atoms with Crippen LogP contribution < -0.4 is 0 Å². The fourth-order valence-corrected chi connectivity index (χ4v) is 3.30. The maximum absolute atomic E-state index is 12.4. The van der Waals surface area contributed by atoms with Crippen LogP contribution in [-0.2, 0) is 20.9 Å². The summed E-state index contributed by atoms with van der Waals surface area (Å²) in [5.74, 6) is -0.381. The Bertz CT molecular complexity index is 599. The summed E-state index contributed by atoms with van der Waals surface area (Å²) in [5, 5.41) is 0. The molecular formula is C16H18N2O3. The van der Waals surface area contributed by atoms with E-state index in [2.05, 4.69) is 0 Å². The molecule has 1 aromatic carbocycles. The predicted octanol–water partition coefficient (Wildman–Crippen LogP) is 1.18. The van der Waals surface area contributed by atoms with Crippen molar-refractivity contribution in [3.8, 4) is 0 Å². The van der Waals surface area contributed by atoms with E-state index < -0.39 is 5.41 Å². The lowest BCUT2D eigenvalue weighted by Crippen LogP contribution is -2.37.